The molecule has 1 aromatic rings. The summed E-state index contributed by atoms with van der Waals surface area (Å²) in [6.07, 6.45) is -5.14. The van der Waals surface area contributed by atoms with Crippen LogP contribution in [0.4, 0.5) is 13.2 Å². The van der Waals surface area contributed by atoms with Crippen LogP contribution in [0.1, 0.15) is 24.2 Å². The van der Waals surface area contributed by atoms with E-state index in [-0.39, 0.29) is 24.6 Å². The van der Waals surface area contributed by atoms with Crippen LogP contribution in [0.5, 0.6) is 0 Å². The van der Waals surface area contributed by atoms with Gasteiger partial charge in [-0.1, -0.05) is 18.2 Å². The Labute approximate surface area is 109 Å². The zero-order valence-electron chi connectivity index (χ0n) is 10.4. The monoisotopic (exact) mass is 273 g/mol. The molecule has 0 N–H and O–H groups in total. The first-order valence-electron chi connectivity index (χ1n) is 5.93. The predicted molar refractivity (Wildman–Crippen MR) is 62.4 cm³/mol. The lowest BCUT2D eigenvalue weighted by molar-refractivity contribution is -0.142. The Bertz CT molecular complexity index is 473. The summed E-state index contributed by atoms with van der Waals surface area (Å²) in [7, 11) is 0. The summed E-state index contributed by atoms with van der Waals surface area (Å²) in [5.74, 6) is -0.155. The van der Waals surface area contributed by atoms with E-state index in [0.29, 0.717) is 6.54 Å². The molecule has 1 atom stereocenters. The van der Waals surface area contributed by atoms with Gasteiger partial charge < -0.3 is 9.64 Å². The summed E-state index contributed by atoms with van der Waals surface area (Å²) in [6, 6.07) is 5.32. The van der Waals surface area contributed by atoms with Crippen molar-refractivity contribution >= 4 is 5.91 Å². The third kappa shape index (κ3) is 3.07. The van der Waals surface area contributed by atoms with Crippen molar-refractivity contribution < 1.29 is 22.7 Å². The van der Waals surface area contributed by atoms with E-state index in [1.54, 1.807) is 6.07 Å². The Morgan fingerprint density at radius 2 is 2.05 bits per heavy atom. The topological polar surface area (TPSA) is 29.5 Å². The van der Waals surface area contributed by atoms with Crippen LogP contribution in [0.15, 0.2) is 24.3 Å². The van der Waals surface area contributed by atoms with Gasteiger partial charge in [-0.3, -0.25) is 4.79 Å². The maximum Gasteiger partial charge on any atom is 0.416 e. The van der Waals surface area contributed by atoms with E-state index in [1.807, 2.05) is 0 Å². The number of alkyl halides is 3. The van der Waals surface area contributed by atoms with Gasteiger partial charge in [0.05, 0.1) is 18.7 Å². The van der Waals surface area contributed by atoms with Gasteiger partial charge in [-0.2, -0.15) is 13.2 Å². The maximum atomic E-state index is 12.9. The zero-order valence-corrected chi connectivity index (χ0v) is 10.4. The van der Waals surface area contributed by atoms with Crippen LogP contribution in [-0.4, -0.2) is 30.5 Å². The molecule has 1 aliphatic heterocycles. The van der Waals surface area contributed by atoms with Gasteiger partial charge >= 0.3 is 6.18 Å². The third-order valence-corrected chi connectivity index (χ3v) is 3.12. The third-order valence-electron chi connectivity index (χ3n) is 3.12. The number of benzene rings is 1. The van der Waals surface area contributed by atoms with Crippen molar-refractivity contribution in [2.75, 3.05) is 19.7 Å². The highest BCUT2D eigenvalue weighted by Gasteiger charge is 2.36. The van der Waals surface area contributed by atoms with Crippen molar-refractivity contribution in [2.24, 2.45) is 0 Å². The summed E-state index contributed by atoms with van der Waals surface area (Å²) < 4.78 is 44.2. The normalized spacial score (nSPS) is 20.4. The molecular weight excluding hydrogens is 259 g/mol. The molecule has 0 bridgehead atoms. The minimum atomic E-state index is -4.42. The molecule has 0 spiro atoms. The van der Waals surface area contributed by atoms with Crippen LogP contribution < -0.4 is 0 Å². The molecule has 1 aromatic carbocycles. The van der Waals surface area contributed by atoms with Gasteiger partial charge in [0.15, 0.2) is 0 Å². The number of amides is 1. The number of hydrogen-bond acceptors (Lipinski definition) is 2. The van der Waals surface area contributed by atoms with Crippen LogP contribution >= 0.6 is 0 Å². The van der Waals surface area contributed by atoms with Crippen LogP contribution in [0.25, 0.3) is 0 Å². The van der Waals surface area contributed by atoms with Crippen molar-refractivity contribution in [1.29, 1.82) is 0 Å². The van der Waals surface area contributed by atoms with Crippen molar-refractivity contribution in [3.8, 4) is 0 Å². The van der Waals surface area contributed by atoms with E-state index in [0.717, 1.165) is 6.07 Å². The lowest BCUT2D eigenvalue weighted by Gasteiger charge is -2.33. The number of halogens is 3. The lowest BCUT2D eigenvalue weighted by Crippen LogP contribution is -2.41. The molecule has 0 radical (unpaired) electrons. The minimum absolute atomic E-state index is 0.0842. The number of rotatable bonds is 1. The summed E-state index contributed by atoms with van der Waals surface area (Å²) in [6.45, 7) is 2.22. The van der Waals surface area contributed by atoms with Gasteiger partial charge in [-0.15, -0.1) is 0 Å². The fourth-order valence-electron chi connectivity index (χ4n) is 2.16. The second-order valence-corrected chi connectivity index (χ2v) is 4.41. The van der Waals surface area contributed by atoms with Gasteiger partial charge in [0.25, 0.3) is 0 Å². The highest BCUT2D eigenvalue weighted by molar-refractivity contribution is 5.73. The number of ether oxygens (including phenoxy) is 1. The largest absolute Gasteiger partial charge is 0.416 e. The lowest BCUT2D eigenvalue weighted by atomic mass is 10.0. The second kappa shape index (κ2) is 5.21. The molecular formula is C13H14F3NO2. The van der Waals surface area contributed by atoms with Gasteiger partial charge in [0.2, 0.25) is 5.91 Å². The van der Waals surface area contributed by atoms with Crippen LogP contribution in [0, 0.1) is 0 Å². The Kier molecular flexibility index (Phi) is 3.80. The van der Waals surface area contributed by atoms with Crippen LogP contribution in [0.3, 0.4) is 0 Å². The average molecular weight is 273 g/mol. The van der Waals surface area contributed by atoms with Crippen LogP contribution in [-0.2, 0) is 15.7 Å². The van der Waals surface area contributed by atoms with Gasteiger partial charge in [0.1, 0.15) is 6.10 Å². The number of carbonyl (C=O) groups excluding carboxylic acids is 1. The fraction of sp³-hybridized carbons (Fsp3) is 0.462. The highest BCUT2D eigenvalue weighted by atomic mass is 19.4. The quantitative estimate of drug-likeness (QED) is 0.787. The second-order valence-electron chi connectivity index (χ2n) is 4.41. The zero-order chi connectivity index (χ0) is 14.0. The number of carbonyl (C=O) groups is 1. The Balaban J connectivity index is 2.29. The molecule has 1 aliphatic rings. The molecule has 2 rings (SSSR count). The molecule has 1 saturated heterocycles. The van der Waals surface area contributed by atoms with Gasteiger partial charge in [0, 0.05) is 13.5 Å². The predicted octanol–water partition coefficient (Wildman–Crippen LogP) is 2.63. The summed E-state index contributed by atoms with van der Waals surface area (Å²) in [4.78, 5) is 12.8. The molecule has 6 heteroatoms. The van der Waals surface area contributed by atoms with Crippen LogP contribution in [0.2, 0.25) is 0 Å². The first kappa shape index (κ1) is 13.9. The molecule has 0 saturated carbocycles. The van der Waals surface area contributed by atoms with E-state index in [1.165, 1.54) is 24.0 Å². The number of nitrogens with zero attached hydrogens (tertiary/aromatic N) is 1. The van der Waals surface area contributed by atoms with E-state index in [9.17, 15) is 18.0 Å². The van der Waals surface area contributed by atoms with E-state index in [2.05, 4.69) is 0 Å². The summed E-state index contributed by atoms with van der Waals surface area (Å²) in [5, 5.41) is 0. The molecule has 3 nitrogen and oxygen atoms in total. The first-order valence-corrected chi connectivity index (χ1v) is 5.93. The number of hydrogen-bond donors (Lipinski definition) is 0. The standard InChI is InChI=1S/C13H14F3NO2/c1-9(18)17-6-7-19-12(8-17)10-4-2-3-5-11(10)13(14,15)16/h2-5,12H,6-8H2,1H3/t12-/m1/s1. The molecule has 19 heavy (non-hydrogen) atoms. The van der Waals surface area contributed by atoms with Crippen molar-refractivity contribution in [2.45, 2.75) is 19.2 Å². The van der Waals surface area contributed by atoms with Gasteiger partial charge in [-0.05, 0) is 11.6 Å². The molecule has 1 heterocycles. The molecule has 1 amide bonds. The highest BCUT2D eigenvalue weighted by Crippen LogP contribution is 2.36. The number of morpholine rings is 1. The van der Waals surface area contributed by atoms with Crippen molar-refractivity contribution in [3.63, 3.8) is 0 Å². The van der Waals surface area contributed by atoms with Gasteiger partial charge in [-0.25, -0.2) is 0 Å². The molecule has 0 aliphatic carbocycles. The Morgan fingerprint density at radius 3 is 2.68 bits per heavy atom. The smallest absolute Gasteiger partial charge is 0.370 e. The van der Waals surface area contributed by atoms with Crippen molar-refractivity contribution in [3.05, 3.63) is 35.4 Å². The van der Waals surface area contributed by atoms with E-state index >= 15 is 0 Å². The SMILES string of the molecule is CC(=O)N1CCO[C@@H](c2ccccc2C(F)(F)F)C1. The van der Waals surface area contributed by atoms with E-state index < -0.39 is 17.8 Å². The van der Waals surface area contributed by atoms with E-state index in [4.69, 9.17) is 4.74 Å². The molecule has 104 valence electrons. The minimum Gasteiger partial charge on any atom is -0.370 e. The first-order chi connectivity index (χ1) is 8.89. The van der Waals surface area contributed by atoms with Crippen molar-refractivity contribution in [1.82, 2.24) is 4.90 Å². The molecule has 0 unspecified atom stereocenters. The Morgan fingerprint density at radius 1 is 1.37 bits per heavy atom. The fourth-order valence-corrected chi connectivity index (χ4v) is 2.16. The molecule has 0 aromatic heterocycles. The summed E-state index contributed by atoms with van der Waals surface area (Å²) >= 11 is 0. The summed E-state index contributed by atoms with van der Waals surface area (Å²) in [5.41, 5.74) is -0.619. The molecule has 1 fully saturated rings. The average Bonchev–Trinajstić information content (AvgIpc) is 2.38. The maximum absolute atomic E-state index is 12.9. The Hall–Kier alpha value is -1.56.